The lowest BCUT2D eigenvalue weighted by Crippen LogP contribution is -2.12. The van der Waals surface area contributed by atoms with Gasteiger partial charge in [0.25, 0.3) is 0 Å². The van der Waals surface area contributed by atoms with E-state index in [-0.39, 0.29) is 0 Å². The first-order valence-corrected chi connectivity index (χ1v) is 12.1. The Morgan fingerprint density at radius 3 is 1.27 bits per heavy atom. The Morgan fingerprint density at radius 1 is 0.500 bits per heavy atom. The van der Waals surface area contributed by atoms with E-state index < -0.39 is 0 Å². The lowest BCUT2D eigenvalue weighted by Gasteiger charge is -2.09. The predicted octanol–water partition coefficient (Wildman–Crippen LogP) is 9.20. The molecule has 0 heterocycles. The molecule has 0 aromatic carbocycles. The molecule has 0 unspecified atom stereocenters. The molecule has 30 heavy (non-hydrogen) atoms. The van der Waals surface area contributed by atoms with Crippen LogP contribution in [0.25, 0.3) is 0 Å². The minimum Gasteiger partial charge on any atom is -0.309 e. The lowest BCUT2D eigenvalue weighted by molar-refractivity contribution is 0.400. The minimum absolute atomic E-state index is 1.17. The van der Waals surface area contributed by atoms with Crippen molar-refractivity contribution in [3.05, 3.63) is 58.2 Å². The molecule has 0 fully saturated rings. The Bertz CT molecular complexity index is 592. The van der Waals surface area contributed by atoms with Crippen molar-refractivity contribution in [2.24, 2.45) is 0 Å². The third-order valence-electron chi connectivity index (χ3n) is 5.48. The molecule has 0 rings (SSSR count). The molecule has 0 atom stereocenters. The van der Waals surface area contributed by atoms with Crippen molar-refractivity contribution >= 4 is 0 Å². The normalized spacial score (nSPS) is 13.9. The highest BCUT2D eigenvalue weighted by Crippen LogP contribution is 2.14. The summed E-state index contributed by atoms with van der Waals surface area (Å²) in [6.07, 6.45) is 24.0. The van der Waals surface area contributed by atoms with Crippen LogP contribution in [0.15, 0.2) is 58.2 Å². The van der Waals surface area contributed by atoms with Crippen LogP contribution in [0.4, 0.5) is 0 Å². The molecule has 0 aliphatic carbocycles. The van der Waals surface area contributed by atoms with Gasteiger partial charge in [-0.05, 0) is 126 Å². The van der Waals surface area contributed by atoms with Crippen LogP contribution in [0.1, 0.15) is 106 Å². The molecular formula is C29H51N. The summed E-state index contributed by atoms with van der Waals surface area (Å²) < 4.78 is 0. The molecule has 0 N–H and O–H groups in total. The fourth-order valence-corrected chi connectivity index (χ4v) is 3.42. The van der Waals surface area contributed by atoms with Gasteiger partial charge < -0.3 is 4.90 Å². The summed E-state index contributed by atoms with van der Waals surface area (Å²) in [5.41, 5.74) is 7.57. The van der Waals surface area contributed by atoms with Crippen LogP contribution in [0, 0.1) is 0 Å². The van der Waals surface area contributed by atoms with Gasteiger partial charge in [0, 0.05) is 0 Å². The van der Waals surface area contributed by atoms with E-state index in [2.05, 4.69) is 90.9 Å². The molecule has 0 spiro atoms. The number of hydrogen-bond acceptors (Lipinski definition) is 1. The molecule has 0 saturated carbocycles. The first-order chi connectivity index (χ1) is 14.2. The zero-order valence-corrected chi connectivity index (χ0v) is 21.6. The fraction of sp³-hybridized carbons (Fsp3) is 0.655. The van der Waals surface area contributed by atoms with Crippen molar-refractivity contribution in [1.82, 2.24) is 4.90 Å². The van der Waals surface area contributed by atoms with E-state index in [1.54, 1.807) is 5.57 Å². The topological polar surface area (TPSA) is 3.24 Å². The van der Waals surface area contributed by atoms with Gasteiger partial charge >= 0.3 is 0 Å². The molecule has 0 bridgehead atoms. The van der Waals surface area contributed by atoms with Gasteiger partial charge in [-0.1, -0.05) is 58.2 Å². The van der Waals surface area contributed by atoms with Crippen LogP contribution >= 0.6 is 0 Å². The quantitative estimate of drug-likeness (QED) is 0.180. The van der Waals surface area contributed by atoms with Crippen LogP contribution in [0.3, 0.4) is 0 Å². The van der Waals surface area contributed by atoms with Crippen molar-refractivity contribution < 1.29 is 0 Å². The summed E-state index contributed by atoms with van der Waals surface area (Å²) in [7, 11) is 4.30. The third-order valence-corrected chi connectivity index (χ3v) is 5.48. The molecule has 172 valence electrons. The SMILES string of the molecule is CC(C)=CCC/C(C)=C/CC/C=C(\C)CC/C=C(\C)CC/C=C(\C)CCCN(C)C. The number of allylic oxidation sites excluding steroid dienone is 10. The third kappa shape index (κ3) is 20.0. The lowest BCUT2D eigenvalue weighted by atomic mass is 10.0. The highest BCUT2D eigenvalue weighted by atomic mass is 15.0. The number of unbranched alkanes of at least 4 members (excludes halogenated alkanes) is 1. The van der Waals surface area contributed by atoms with E-state index >= 15 is 0 Å². The Hall–Kier alpha value is -1.34. The van der Waals surface area contributed by atoms with Gasteiger partial charge in [-0.15, -0.1) is 0 Å². The first kappa shape index (κ1) is 28.7. The van der Waals surface area contributed by atoms with Crippen LogP contribution in [0.5, 0.6) is 0 Å². The van der Waals surface area contributed by atoms with E-state index in [9.17, 15) is 0 Å². The summed E-state index contributed by atoms with van der Waals surface area (Å²) in [4.78, 5) is 2.27. The number of hydrogen-bond donors (Lipinski definition) is 0. The van der Waals surface area contributed by atoms with Gasteiger partial charge in [0.15, 0.2) is 0 Å². The Labute approximate surface area is 189 Å². The van der Waals surface area contributed by atoms with E-state index in [0.29, 0.717) is 0 Å². The molecule has 0 aliphatic heterocycles. The molecule has 0 amide bonds. The average Bonchev–Trinajstić information content (AvgIpc) is 2.64. The van der Waals surface area contributed by atoms with Gasteiger partial charge in [0.05, 0.1) is 0 Å². The molecular weight excluding hydrogens is 362 g/mol. The van der Waals surface area contributed by atoms with Gasteiger partial charge in [-0.3, -0.25) is 0 Å². The van der Waals surface area contributed by atoms with Crippen molar-refractivity contribution in [3.8, 4) is 0 Å². The molecule has 0 aromatic rings. The van der Waals surface area contributed by atoms with Crippen LogP contribution < -0.4 is 0 Å². The maximum absolute atomic E-state index is 2.44. The van der Waals surface area contributed by atoms with Crippen molar-refractivity contribution in [3.63, 3.8) is 0 Å². The predicted molar refractivity (Wildman–Crippen MR) is 139 cm³/mol. The minimum atomic E-state index is 1.17. The fourth-order valence-electron chi connectivity index (χ4n) is 3.42. The summed E-state index contributed by atoms with van der Waals surface area (Å²) in [6.45, 7) is 14.7. The standard InChI is InChI=1S/C29H51N/c1-25(2)15-11-18-26(3)16-9-10-17-27(4)19-12-20-28(5)21-13-22-29(6)23-14-24-30(7)8/h15-17,20,22H,9-14,18-19,21,23-24H2,1-8H3/b26-16+,27-17+,28-20+,29-22+. The number of rotatable bonds is 16. The van der Waals surface area contributed by atoms with E-state index in [1.807, 2.05) is 0 Å². The summed E-state index contributed by atoms with van der Waals surface area (Å²) in [5.74, 6) is 0. The first-order valence-electron chi connectivity index (χ1n) is 12.1. The number of nitrogens with zero attached hydrogens (tertiary/aromatic N) is 1. The second-order valence-electron chi connectivity index (χ2n) is 9.58. The average molecular weight is 414 g/mol. The van der Waals surface area contributed by atoms with E-state index in [4.69, 9.17) is 0 Å². The second-order valence-corrected chi connectivity index (χ2v) is 9.58. The van der Waals surface area contributed by atoms with E-state index in [1.165, 1.54) is 93.0 Å². The summed E-state index contributed by atoms with van der Waals surface area (Å²) in [5, 5.41) is 0. The summed E-state index contributed by atoms with van der Waals surface area (Å²) in [6, 6.07) is 0. The second kappa shape index (κ2) is 18.4. The highest BCUT2D eigenvalue weighted by molar-refractivity contribution is 5.07. The zero-order chi connectivity index (χ0) is 22.8. The maximum Gasteiger partial charge on any atom is -0.00218 e. The van der Waals surface area contributed by atoms with Crippen molar-refractivity contribution in [2.75, 3.05) is 20.6 Å². The van der Waals surface area contributed by atoms with Gasteiger partial charge in [0.1, 0.15) is 0 Å². The molecule has 1 nitrogen and oxygen atoms in total. The molecule has 0 saturated heterocycles. The largest absolute Gasteiger partial charge is 0.309 e. The Balaban J connectivity index is 4.02. The smallest absolute Gasteiger partial charge is 0.00218 e. The van der Waals surface area contributed by atoms with Gasteiger partial charge in [0.2, 0.25) is 0 Å². The molecule has 0 aliphatic rings. The Morgan fingerprint density at radius 2 is 0.867 bits per heavy atom. The van der Waals surface area contributed by atoms with Crippen LogP contribution in [0.2, 0.25) is 0 Å². The molecule has 0 radical (unpaired) electrons. The van der Waals surface area contributed by atoms with Gasteiger partial charge in [-0.25, -0.2) is 0 Å². The monoisotopic (exact) mass is 413 g/mol. The summed E-state index contributed by atoms with van der Waals surface area (Å²) >= 11 is 0. The zero-order valence-electron chi connectivity index (χ0n) is 21.6. The highest BCUT2D eigenvalue weighted by Gasteiger charge is 1.95. The van der Waals surface area contributed by atoms with E-state index in [0.717, 1.165) is 0 Å². The molecule has 0 aromatic heterocycles. The van der Waals surface area contributed by atoms with Gasteiger partial charge in [-0.2, -0.15) is 0 Å². The van der Waals surface area contributed by atoms with Crippen LogP contribution in [-0.4, -0.2) is 25.5 Å². The van der Waals surface area contributed by atoms with Crippen molar-refractivity contribution in [2.45, 2.75) is 106 Å². The molecule has 1 heteroatoms. The Kier molecular flexibility index (Phi) is 17.6. The van der Waals surface area contributed by atoms with Crippen molar-refractivity contribution in [1.29, 1.82) is 0 Å². The maximum atomic E-state index is 2.44. The van der Waals surface area contributed by atoms with Crippen LogP contribution in [-0.2, 0) is 0 Å².